The lowest BCUT2D eigenvalue weighted by atomic mass is 9.74. The highest BCUT2D eigenvalue weighted by Crippen LogP contribution is 2.42. The Labute approximate surface area is 172 Å². The zero-order valence-corrected chi connectivity index (χ0v) is 17.3. The molecule has 1 unspecified atom stereocenters. The van der Waals surface area contributed by atoms with Gasteiger partial charge in [0.15, 0.2) is 0 Å². The number of benzene rings is 2. The van der Waals surface area contributed by atoms with E-state index in [1.807, 2.05) is 7.05 Å². The topological polar surface area (TPSA) is 40.3 Å². The molecule has 0 aliphatic carbocycles. The number of H-pyrrole nitrogens is 1. The lowest BCUT2D eigenvalue weighted by Gasteiger charge is -2.48. The van der Waals surface area contributed by atoms with Crippen molar-refractivity contribution in [3.8, 4) is 5.75 Å². The SMILES string of the molecule is CNCCCC1C(=CCOc2ccc3c(c2)[nH]c2ccccc23)N2CCC1CC2. The van der Waals surface area contributed by atoms with Crippen molar-refractivity contribution in [3.05, 3.63) is 54.2 Å². The van der Waals surface area contributed by atoms with E-state index in [0.29, 0.717) is 12.5 Å². The molecule has 1 aromatic heterocycles. The van der Waals surface area contributed by atoms with Crippen LogP contribution in [0.4, 0.5) is 0 Å². The van der Waals surface area contributed by atoms with Crippen LogP contribution >= 0.6 is 0 Å². The Balaban J connectivity index is 1.30. The summed E-state index contributed by atoms with van der Waals surface area (Å²) in [7, 11) is 2.05. The Morgan fingerprint density at radius 1 is 1.10 bits per heavy atom. The summed E-state index contributed by atoms with van der Waals surface area (Å²) >= 11 is 0. The van der Waals surface area contributed by atoms with Gasteiger partial charge in [-0.25, -0.2) is 0 Å². The maximum Gasteiger partial charge on any atom is 0.121 e. The molecular weight excluding hydrogens is 358 g/mol. The van der Waals surface area contributed by atoms with Crippen LogP contribution in [-0.4, -0.2) is 43.2 Å². The van der Waals surface area contributed by atoms with E-state index in [9.17, 15) is 0 Å². The van der Waals surface area contributed by atoms with Crippen molar-refractivity contribution in [1.82, 2.24) is 15.2 Å². The van der Waals surface area contributed by atoms with Crippen LogP contribution in [0.15, 0.2) is 54.2 Å². The van der Waals surface area contributed by atoms with Crippen molar-refractivity contribution in [1.29, 1.82) is 0 Å². The largest absolute Gasteiger partial charge is 0.489 e. The first-order chi connectivity index (χ1) is 14.3. The summed E-state index contributed by atoms with van der Waals surface area (Å²) in [6.45, 7) is 4.20. The summed E-state index contributed by atoms with van der Waals surface area (Å²) < 4.78 is 6.16. The fourth-order valence-electron chi connectivity index (χ4n) is 5.35. The highest BCUT2D eigenvalue weighted by atomic mass is 16.5. The number of allylic oxidation sites excluding steroid dienone is 1. The van der Waals surface area contributed by atoms with E-state index in [-0.39, 0.29) is 0 Å². The second-order valence-electron chi connectivity index (χ2n) is 8.49. The molecule has 0 spiro atoms. The molecule has 3 fully saturated rings. The van der Waals surface area contributed by atoms with Gasteiger partial charge in [-0.05, 0) is 69.5 Å². The molecule has 0 saturated carbocycles. The smallest absolute Gasteiger partial charge is 0.121 e. The minimum Gasteiger partial charge on any atom is -0.489 e. The average Bonchev–Trinajstić information content (AvgIpc) is 3.13. The third-order valence-corrected chi connectivity index (χ3v) is 6.82. The molecule has 2 bridgehead atoms. The molecule has 0 amide bonds. The first-order valence-electron chi connectivity index (χ1n) is 11.1. The normalized spacial score (nSPS) is 22.8. The zero-order valence-electron chi connectivity index (χ0n) is 17.3. The van der Waals surface area contributed by atoms with E-state index >= 15 is 0 Å². The van der Waals surface area contributed by atoms with Crippen molar-refractivity contribution in [2.24, 2.45) is 11.8 Å². The van der Waals surface area contributed by atoms with E-state index in [2.05, 4.69) is 63.7 Å². The molecule has 3 aliphatic rings. The van der Waals surface area contributed by atoms with Gasteiger partial charge >= 0.3 is 0 Å². The maximum atomic E-state index is 6.16. The maximum absolute atomic E-state index is 6.16. The van der Waals surface area contributed by atoms with Gasteiger partial charge in [-0.2, -0.15) is 0 Å². The van der Waals surface area contributed by atoms with E-state index in [4.69, 9.17) is 4.74 Å². The van der Waals surface area contributed by atoms with Crippen molar-refractivity contribution in [3.63, 3.8) is 0 Å². The summed E-state index contributed by atoms with van der Waals surface area (Å²) in [5.74, 6) is 2.51. The predicted octanol–water partition coefficient (Wildman–Crippen LogP) is 4.93. The number of para-hydroxylation sites is 1. The van der Waals surface area contributed by atoms with Gasteiger partial charge in [0.2, 0.25) is 0 Å². The van der Waals surface area contributed by atoms with Crippen molar-refractivity contribution < 1.29 is 4.74 Å². The Hall–Kier alpha value is -2.46. The van der Waals surface area contributed by atoms with Crippen molar-refractivity contribution >= 4 is 21.8 Å². The standard InChI is InChI=1S/C25H31N3O/c1-26-13-4-6-20-18-10-14-28(15-11-18)25(20)12-16-29-19-8-9-22-21-5-2-3-7-23(21)27-24(22)17-19/h2-3,5,7-9,12,17-18,20,26-27H,4,6,10-11,13-16H2,1H3. The fraction of sp³-hybridized carbons (Fsp3) is 0.440. The van der Waals surface area contributed by atoms with Gasteiger partial charge < -0.3 is 19.9 Å². The minimum absolute atomic E-state index is 0.646. The number of ether oxygens (including phenoxy) is 1. The minimum atomic E-state index is 0.646. The summed E-state index contributed by atoms with van der Waals surface area (Å²) in [5.41, 5.74) is 3.86. The number of nitrogens with one attached hydrogen (secondary N) is 2. The Kier molecular flexibility index (Phi) is 5.19. The number of rotatable bonds is 7. The second-order valence-corrected chi connectivity index (χ2v) is 8.49. The van der Waals surface area contributed by atoms with Gasteiger partial charge in [0.05, 0.1) is 5.52 Å². The van der Waals surface area contributed by atoms with E-state index in [0.717, 1.165) is 23.7 Å². The lowest BCUT2D eigenvalue weighted by Crippen LogP contribution is -2.46. The third-order valence-electron chi connectivity index (χ3n) is 6.82. The van der Waals surface area contributed by atoms with E-state index < -0.39 is 0 Å². The molecule has 4 heteroatoms. The predicted molar refractivity (Wildman–Crippen MR) is 120 cm³/mol. The highest BCUT2D eigenvalue weighted by Gasteiger charge is 2.37. The monoisotopic (exact) mass is 389 g/mol. The lowest BCUT2D eigenvalue weighted by molar-refractivity contribution is 0.0951. The molecule has 3 aliphatic heterocycles. The van der Waals surface area contributed by atoms with Crippen LogP contribution in [0.2, 0.25) is 0 Å². The summed E-state index contributed by atoms with van der Waals surface area (Å²) in [4.78, 5) is 6.11. The molecule has 3 saturated heterocycles. The van der Waals surface area contributed by atoms with Crippen molar-refractivity contribution in [2.75, 3.05) is 33.3 Å². The molecule has 3 aromatic rings. The zero-order chi connectivity index (χ0) is 19.6. The van der Waals surface area contributed by atoms with Crippen LogP contribution in [0.1, 0.15) is 25.7 Å². The van der Waals surface area contributed by atoms with Gasteiger partial charge in [0.1, 0.15) is 12.4 Å². The molecule has 1 atom stereocenters. The number of hydrogen-bond acceptors (Lipinski definition) is 3. The van der Waals surface area contributed by atoms with Crippen LogP contribution in [0.3, 0.4) is 0 Å². The number of fused-ring (bicyclic) bond motifs is 6. The Bertz CT molecular complexity index is 1010. The van der Waals surface area contributed by atoms with Crippen LogP contribution in [0, 0.1) is 11.8 Å². The molecule has 0 radical (unpaired) electrons. The Morgan fingerprint density at radius 2 is 1.93 bits per heavy atom. The van der Waals surface area contributed by atoms with Gasteiger partial charge in [-0.1, -0.05) is 18.2 Å². The number of aromatic amines is 1. The molecule has 29 heavy (non-hydrogen) atoms. The number of hydrogen-bond donors (Lipinski definition) is 2. The third kappa shape index (κ3) is 3.62. The average molecular weight is 390 g/mol. The summed E-state index contributed by atoms with van der Waals surface area (Å²) in [6.07, 6.45) is 7.61. The fourth-order valence-corrected chi connectivity index (χ4v) is 5.35. The number of piperidine rings is 3. The number of nitrogens with zero attached hydrogens (tertiary/aromatic N) is 1. The Morgan fingerprint density at radius 3 is 2.79 bits per heavy atom. The van der Waals surface area contributed by atoms with Crippen LogP contribution in [-0.2, 0) is 0 Å². The molecule has 152 valence electrons. The quantitative estimate of drug-likeness (QED) is 0.563. The molecule has 6 rings (SSSR count). The first-order valence-corrected chi connectivity index (χ1v) is 11.1. The van der Waals surface area contributed by atoms with E-state index in [1.165, 1.54) is 60.8 Å². The molecule has 2 aromatic carbocycles. The van der Waals surface area contributed by atoms with Gasteiger partial charge in [0, 0.05) is 47.1 Å². The highest BCUT2D eigenvalue weighted by molar-refractivity contribution is 6.07. The first kappa shape index (κ1) is 18.6. The van der Waals surface area contributed by atoms with Crippen molar-refractivity contribution in [2.45, 2.75) is 25.7 Å². The van der Waals surface area contributed by atoms with Gasteiger partial charge in [0.25, 0.3) is 0 Å². The summed E-state index contributed by atoms with van der Waals surface area (Å²) in [6, 6.07) is 14.8. The second kappa shape index (κ2) is 8.11. The van der Waals surface area contributed by atoms with Gasteiger partial charge in [-0.3, -0.25) is 0 Å². The van der Waals surface area contributed by atoms with E-state index in [1.54, 1.807) is 0 Å². The van der Waals surface area contributed by atoms with Crippen LogP contribution in [0.5, 0.6) is 5.75 Å². The van der Waals surface area contributed by atoms with Crippen LogP contribution in [0.25, 0.3) is 21.8 Å². The molecule has 2 N–H and O–H groups in total. The number of aromatic nitrogens is 1. The van der Waals surface area contributed by atoms with Crippen LogP contribution < -0.4 is 10.1 Å². The molecule has 4 heterocycles. The molecular formula is C25H31N3O. The molecule has 4 nitrogen and oxygen atoms in total. The van der Waals surface area contributed by atoms with Gasteiger partial charge in [-0.15, -0.1) is 0 Å². The summed E-state index contributed by atoms with van der Waals surface area (Å²) in [5, 5.41) is 5.82.